The van der Waals surface area contributed by atoms with E-state index in [1.807, 2.05) is 0 Å². The van der Waals surface area contributed by atoms with Crippen LogP contribution in [0.2, 0.25) is 0 Å². The minimum absolute atomic E-state index is 0.131. The van der Waals surface area contributed by atoms with E-state index in [0.717, 1.165) is 12.1 Å². The van der Waals surface area contributed by atoms with Crippen LogP contribution in [-0.4, -0.2) is 22.8 Å². The Morgan fingerprint density at radius 2 is 1.79 bits per heavy atom. The molecule has 1 aliphatic rings. The van der Waals surface area contributed by atoms with E-state index in [4.69, 9.17) is 5.73 Å². The van der Waals surface area contributed by atoms with Crippen LogP contribution in [0.25, 0.3) is 11.0 Å². The Hall–Kier alpha value is -3.30. The lowest BCUT2D eigenvalue weighted by molar-refractivity contribution is -0.172. The number of carbonyl (C=O) groups excluding carboxylic acids is 3. The number of nitrogens with two attached hydrogens (primary N) is 1. The van der Waals surface area contributed by atoms with E-state index in [1.165, 1.54) is 0 Å². The lowest BCUT2D eigenvalue weighted by atomic mass is 10.1. The molecule has 24 heavy (non-hydrogen) atoms. The lowest BCUT2D eigenvalue weighted by Gasteiger charge is -2.12. The number of amides is 2. The van der Waals surface area contributed by atoms with E-state index in [1.54, 1.807) is 0 Å². The first-order valence-corrected chi connectivity index (χ1v) is 6.59. The van der Waals surface area contributed by atoms with Crippen LogP contribution in [0.15, 0.2) is 21.3 Å². The summed E-state index contributed by atoms with van der Waals surface area (Å²) in [7, 11) is 0. The Morgan fingerprint density at radius 3 is 2.42 bits per heavy atom. The van der Waals surface area contributed by atoms with Gasteiger partial charge in [-0.15, -0.1) is 5.06 Å². The van der Waals surface area contributed by atoms with E-state index < -0.39 is 51.9 Å². The van der Waals surface area contributed by atoms with Gasteiger partial charge in [-0.25, -0.2) is 18.4 Å². The summed E-state index contributed by atoms with van der Waals surface area (Å²) in [5.41, 5.74) is 1.64. The quantitative estimate of drug-likeness (QED) is 0.490. The van der Waals surface area contributed by atoms with E-state index >= 15 is 0 Å². The molecule has 1 aliphatic heterocycles. The molecule has 2 heterocycles. The van der Waals surface area contributed by atoms with Crippen molar-refractivity contribution < 1.29 is 32.4 Å². The van der Waals surface area contributed by atoms with Crippen molar-refractivity contribution in [3.63, 3.8) is 0 Å². The predicted octanol–water partition coefficient (Wildman–Crippen LogP) is 0.874. The van der Waals surface area contributed by atoms with Gasteiger partial charge < -0.3 is 15.0 Å². The van der Waals surface area contributed by atoms with Gasteiger partial charge in [0.1, 0.15) is 17.1 Å². The molecular formula is C14H8F2N2O6. The van der Waals surface area contributed by atoms with Gasteiger partial charge in [0.15, 0.2) is 11.4 Å². The normalized spacial score (nSPS) is 14.5. The molecule has 0 bridgehead atoms. The molecule has 1 fully saturated rings. The Morgan fingerprint density at radius 1 is 1.17 bits per heavy atom. The molecule has 10 heteroatoms. The number of hydroxylamine groups is 2. The van der Waals surface area contributed by atoms with Crippen molar-refractivity contribution in [2.24, 2.45) is 0 Å². The first-order valence-electron chi connectivity index (χ1n) is 6.59. The summed E-state index contributed by atoms with van der Waals surface area (Å²) in [6.07, 6.45) is -0.262. The zero-order valence-corrected chi connectivity index (χ0v) is 11.8. The molecule has 124 valence electrons. The van der Waals surface area contributed by atoms with Crippen LogP contribution in [0.3, 0.4) is 0 Å². The molecule has 2 amide bonds. The number of imide groups is 1. The van der Waals surface area contributed by atoms with Crippen molar-refractivity contribution in [3.8, 4) is 0 Å². The minimum Gasteiger partial charge on any atom is -0.419 e. The number of hydrogen-bond donors (Lipinski definition) is 1. The van der Waals surface area contributed by atoms with E-state index in [-0.39, 0.29) is 23.3 Å². The summed E-state index contributed by atoms with van der Waals surface area (Å²) in [6.45, 7) is 0. The van der Waals surface area contributed by atoms with E-state index in [0.29, 0.717) is 0 Å². The number of anilines is 1. The maximum Gasteiger partial charge on any atom is 0.371 e. The zero-order chi connectivity index (χ0) is 17.6. The van der Waals surface area contributed by atoms with Crippen molar-refractivity contribution in [2.45, 2.75) is 12.8 Å². The maximum absolute atomic E-state index is 13.8. The fourth-order valence-corrected chi connectivity index (χ4v) is 2.14. The summed E-state index contributed by atoms with van der Waals surface area (Å²) < 4.78 is 31.9. The van der Waals surface area contributed by atoms with Gasteiger partial charge in [0.25, 0.3) is 11.8 Å². The number of halogens is 2. The molecule has 0 radical (unpaired) electrons. The number of hydrogen-bond acceptors (Lipinski definition) is 7. The number of rotatable bonds is 2. The Kier molecular flexibility index (Phi) is 3.51. The fourth-order valence-electron chi connectivity index (χ4n) is 2.14. The van der Waals surface area contributed by atoms with Crippen LogP contribution in [0.5, 0.6) is 0 Å². The lowest BCUT2D eigenvalue weighted by Crippen LogP contribution is -2.33. The van der Waals surface area contributed by atoms with Gasteiger partial charge in [-0.05, 0) is 12.1 Å². The molecule has 3 rings (SSSR count). The third-order valence-electron chi connectivity index (χ3n) is 3.35. The van der Waals surface area contributed by atoms with Crippen molar-refractivity contribution in [3.05, 3.63) is 39.8 Å². The van der Waals surface area contributed by atoms with Crippen LogP contribution in [0.4, 0.5) is 14.5 Å². The molecule has 0 aliphatic carbocycles. The zero-order valence-electron chi connectivity index (χ0n) is 11.8. The van der Waals surface area contributed by atoms with Crippen LogP contribution in [0.1, 0.15) is 23.2 Å². The fraction of sp³-hybridized carbons (Fsp3) is 0.143. The summed E-state index contributed by atoms with van der Waals surface area (Å²) >= 11 is 0. The van der Waals surface area contributed by atoms with Gasteiger partial charge in [0.2, 0.25) is 0 Å². The van der Waals surface area contributed by atoms with Crippen LogP contribution < -0.4 is 11.4 Å². The van der Waals surface area contributed by atoms with Crippen molar-refractivity contribution in [2.75, 3.05) is 5.73 Å². The number of carbonyl (C=O) groups is 3. The minimum atomic E-state index is -1.37. The SMILES string of the molecule is Nc1c(F)cc2cc(C(=O)ON3C(=O)CCC3=O)c(=O)oc2c1F. The summed E-state index contributed by atoms with van der Waals surface area (Å²) in [6, 6.07) is 1.58. The first kappa shape index (κ1) is 15.6. The maximum atomic E-state index is 13.8. The van der Waals surface area contributed by atoms with Gasteiger partial charge >= 0.3 is 11.6 Å². The van der Waals surface area contributed by atoms with E-state index in [9.17, 15) is 28.0 Å². The summed E-state index contributed by atoms with van der Waals surface area (Å²) in [4.78, 5) is 51.1. The molecule has 0 atom stereocenters. The Labute approximate surface area is 131 Å². The average molecular weight is 338 g/mol. The molecule has 1 saturated heterocycles. The molecular weight excluding hydrogens is 330 g/mol. The van der Waals surface area contributed by atoms with Crippen LogP contribution in [0, 0.1) is 11.6 Å². The summed E-state index contributed by atoms with van der Waals surface area (Å²) in [5, 5.41) is -0.0272. The topological polar surface area (TPSA) is 120 Å². The molecule has 1 aromatic carbocycles. The molecule has 1 aromatic heterocycles. The molecule has 0 saturated carbocycles. The smallest absolute Gasteiger partial charge is 0.371 e. The largest absolute Gasteiger partial charge is 0.419 e. The van der Waals surface area contributed by atoms with Crippen molar-refractivity contribution >= 4 is 34.4 Å². The van der Waals surface area contributed by atoms with Gasteiger partial charge in [-0.3, -0.25) is 9.59 Å². The van der Waals surface area contributed by atoms with Gasteiger partial charge in [-0.1, -0.05) is 0 Å². The predicted molar refractivity (Wildman–Crippen MR) is 73.3 cm³/mol. The highest BCUT2D eigenvalue weighted by atomic mass is 19.1. The van der Waals surface area contributed by atoms with Crippen LogP contribution in [-0.2, 0) is 14.4 Å². The molecule has 0 spiro atoms. The third kappa shape index (κ3) is 2.37. The highest BCUT2D eigenvalue weighted by molar-refractivity contribution is 6.03. The number of benzene rings is 1. The molecule has 2 aromatic rings. The Bertz CT molecular complexity index is 952. The van der Waals surface area contributed by atoms with Gasteiger partial charge in [0.05, 0.1) is 0 Å². The average Bonchev–Trinajstić information content (AvgIpc) is 2.85. The number of nitrogen functional groups attached to an aromatic ring is 1. The molecule has 2 N–H and O–H groups in total. The molecule has 8 nitrogen and oxygen atoms in total. The van der Waals surface area contributed by atoms with Crippen molar-refractivity contribution in [1.29, 1.82) is 0 Å². The monoisotopic (exact) mass is 338 g/mol. The standard InChI is InChI=1S/C14H8F2N2O6/c15-7-4-5-3-6(13(21)23-12(5)10(16)11(7)17)14(22)24-18-8(19)1-2-9(18)20/h3-4H,1-2,17H2. The van der Waals surface area contributed by atoms with Gasteiger partial charge in [0, 0.05) is 18.2 Å². The highest BCUT2D eigenvalue weighted by Crippen LogP contribution is 2.25. The second kappa shape index (κ2) is 5.41. The highest BCUT2D eigenvalue weighted by Gasteiger charge is 2.34. The second-order valence-electron chi connectivity index (χ2n) is 4.91. The van der Waals surface area contributed by atoms with E-state index in [2.05, 4.69) is 9.25 Å². The van der Waals surface area contributed by atoms with Crippen molar-refractivity contribution in [1.82, 2.24) is 5.06 Å². The Balaban J connectivity index is 2.03. The number of nitrogens with zero attached hydrogens (tertiary/aromatic N) is 1. The summed E-state index contributed by atoms with van der Waals surface area (Å²) in [5.74, 6) is -5.26. The molecule has 0 unspecified atom stereocenters. The van der Waals surface area contributed by atoms with Gasteiger partial charge in [-0.2, -0.15) is 0 Å². The first-order chi connectivity index (χ1) is 11.3. The van der Waals surface area contributed by atoms with Crippen LogP contribution >= 0.6 is 0 Å². The third-order valence-corrected chi connectivity index (χ3v) is 3.35. The second-order valence-corrected chi connectivity index (χ2v) is 4.91. The number of fused-ring (bicyclic) bond motifs is 1.